The third-order valence-electron chi connectivity index (χ3n) is 9.92. The Labute approximate surface area is 320 Å². The molecule has 1 fully saturated rings. The van der Waals surface area contributed by atoms with E-state index in [1.165, 1.54) is 11.8 Å². The first-order valence-electron chi connectivity index (χ1n) is 19.5. The van der Waals surface area contributed by atoms with E-state index in [0.717, 1.165) is 68.4 Å². The summed E-state index contributed by atoms with van der Waals surface area (Å²) in [5, 5.41) is 6.45. The first-order chi connectivity index (χ1) is 25.9. The van der Waals surface area contributed by atoms with Crippen molar-refractivity contribution in [1.29, 1.82) is 0 Å². The average molecular weight is 847 g/mol. The van der Waals surface area contributed by atoms with Crippen LogP contribution < -0.4 is 0 Å². The van der Waals surface area contributed by atoms with Crippen molar-refractivity contribution in [2.24, 2.45) is 0 Å². The number of aromatic nitrogens is 2. The number of pyridine rings is 2. The number of benzene rings is 5. The largest absolute Gasteiger partial charge is 0.500 e. The van der Waals surface area contributed by atoms with E-state index >= 15 is 0 Å². The molecule has 9 rings (SSSR count). The molecule has 1 aliphatic carbocycles. The van der Waals surface area contributed by atoms with Crippen LogP contribution in [-0.4, -0.2) is 9.97 Å². The molecule has 1 aliphatic rings. The number of rotatable bonds is 3. The summed E-state index contributed by atoms with van der Waals surface area (Å²) in [4.78, 5) is 9.08. The van der Waals surface area contributed by atoms with E-state index < -0.39 is 12.7 Å². The smallest absolute Gasteiger partial charge is 0.129 e. The Kier molecular flexibility index (Phi) is 8.57. The van der Waals surface area contributed by atoms with Crippen molar-refractivity contribution in [3.05, 3.63) is 144 Å². The Hall–Kier alpha value is -4.63. The van der Waals surface area contributed by atoms with Gasteiger partial charge in [0.05, 0.1) is 5.58 Å². The molecule has 3 nitrogen and oxygen atoms in total. The maximum atomic E-state index is 9.25. The molecule has 4 heteroatoms. The number of hydrogen-bond donors (Lipinski definition) is 0. The molecule has 0 unspecified atom stereocenters. The number of fused-ring (bicyclic) bond motifs is 7. The van der Waals surface area contributed by atoms with Crippen LogP contribution in [0.1, 0.15) is 80.9 Å². The van der Waals surface area contributed by atoms with E-state index in [9.17, 15) is 1.37 Å². The number of furan rings is 1. The minimum absolute atomic E-state index is 0. The summed E-state index contributed by atoms with van der Waals surface area (Å²) in [5.74, 6) is -0.934. The first-order valence-corrected chi connectivity index (χ1v) is 17.5. The Morgan fingerprint density at radius 2 is 1.49 bits per heavy atom. The molecule has 0 atom stereocenters. The molecule has 8 aromatic rings. The second kappa shape index (κ2) is 14.5. The summed E-state index contributed by atoms with van der Waals surface area (Å²) in [5.41, 5.74) is 6.93. The average Bonchev–Trinajstić information content (AvgIpc) is 3.57. The van der Waals surface area contributed by atoms with Crippen LogP contribution in [0.4, 0.5) is 0 Å². The van der Waals surface area contributed by atoms with Crippen LogP contribution in [0.3, 0.4) is 0 Å². The Morgan fingerprint density at radius 1 is 0.725 bits per heavy atom. The fourth-order valence-electron chi connectivity index (χ4n) is 7.16. The van der Waals surface area contributed by atoms with Crippen LogP contribution in [0, 0.1) is 19.0 Å². The van der Waals surface area contributed by atoms with Crippen molar-refractivity contribution < 1.29 is 30.0 Å². The van der Waals surface area contributed by atoms with Crippen molar-refractivity contribution in [2.45, 2.75) is 71.0 Å². The van der Waals surface area contributed by atoms with E-state index in [1.54, 1.807) is 0 Å². The molecular formula is C47H42IrN2O-2. The molecule has 257 valence electrons. The van der Waals surface area contributed by atoms with Gasteiger partial charge in [0.15, 0.2) is 0 Å². The van der Waals surface area contributed by atoms with Crippen molar-refractivity contribution in [1.82, 2.24) is 9.97 Å². The van der Waals surface area contributed by atoms with Gasteiger partial charge in [0.2, 0.25) is 0 Å². The molecule has 0 amide bonds. The predicted octanol–water partition coefficient (Wildman–Crippen LogP) is 13.0. The van der Waals surface area contributed by atoms with Gasteiger partial charge in [0.25, 0.3) is 0 Å². The van der Waals surface area contributed by atoms with Gasteiger partial charge in [-0.25, -0.2) is 0 Å². The van der Waals surface area contributed by atoms with Crippen molar-refractivity contribution in [2.75, 3.05) is 0 Å². The minimum atomic E-state index is -2.33. The molecule has 0 aliphatic heterocycles. The molecule has 51 heavy (non-hydrogen) atoms. The summed E-state index contributed by atoms with van der Waals surface area (Å²) in [7, 11) is 0. The molecule has 0 saturated heterocycles. The molecule has 0 N–H and O–H groups in total. The van der Waals surface area contributed by atoms with Crippen LogP contribution in [-0.2, 0) is 25.5 Å². The normalized spacial score (nSPS) is 15.7. The summed E-state index contributed by atoms with van der Waals surface area (Å²) in [6.07, 6.45) is 7.63. The summed E-state index contributed by atoms with van der Waals surface area (Å²) < 4.78 is 40.3. The van der Waals surface area contributed by atoms with Crippen molar-refractivity contribution in [3.63, 3.8) is 0 Å². The van der Waals surface area contributed by atoms with Crippen LogP contribution in [0.25, 0.3) is 66.0 Å². The Balaban J connectivity index is 0.000000231. The van der Waals surface area contributed by atoms with Crippen LogP contribution >= 0.6 is 0 Å². The van der Waals surface area contributed by atoms with Gasteiger partial charge in [-0.2, -0.15) is 0 Å². The van der Waals surface area contributed by atoms with E-state index in [-0.39, 0.29) is 31.1 Å². The van der Waals surface area contributed by atoms with Gasteiger partial charge in [-0.1, -0.05) is 118 Å². The minimum Gasteiger partial charge on any atom is -0.500 e. The molecule has 1 saturated carbocycles. The van der Waals surface area contributed by atoms with Crippen molar-refractivity contribution in [3.8, 4) is 22.5 Å². The number of aryl methyl sites for hydroxylation is 1. The van der Waals surface area contributed by atoms with Crippen molar-refractivity contribution >= 4 is 43.5 Å². The molecule has 0 spiro atoms. The van der Waals surface area contributed by atoms with Gasteiger partial charge < -0.3 is 14.4 Å². The SMILES string of the molecule is CC(C)(C)c1ccc(-c2[c-]cccc2)nc1.[2H]C([2H])([2H])c1cnc(-c2[c-]ccc3c2oc2c3ccc3ccc4ccccc4c32)cc1C1([2H])CCCCC1.[Ir]. The summed E-state index contributed by atoms with van der Waals surface area (Å²) in [6, 6.07) is 41.1. The van der Waals surface area contributed by atoms with E-state index in [2.05, 4.69) is 91.4 Å². The van der Waals surface area contributed by atoms with Gasteiger partial charge in [-0.15, -0.1) is 54.1 Å². The third kappa shape index (κ3) is 6.88. The van der Waals surface area contributed by atoms with Gasteiger partial charge >= 0.3 is 0 Å². The second-order valence-corrected chi connectivity index (χ2v) is 14.3. The van der Waals surface area contributed by atoms with Gasteiger partial charge in [-0.3, -0.25) is 0 Å². The van der Waals surface area contributed by atoms with Gasteiger partial charge in [-0.05, 0) is 75.2 Å². The second-order valence-electron chi connectivity index (χ2n) is 14.3. The Morgan fingerprint density at radius 3 is 2.25 bits per heavy atom. The third-order valence-corrected chi connectivity index (χ3v) is 9.92. The first kappa shape index (κ1) is 30.0. The molecule has 5 aromatic carbocycles. The maximum absolute atomic E-state index is 9.25. The van der Waals surface area contributed by atoms with E-state index in [4.69, 9.17) is 8.53 Å². The molecule has 0 bridgehead atoms. The quantitative estimate of drug-likeness (QED) is 0.131. The number of hydrogen-bond acceptors (Lipinski definition) is 3. The molecular weight excluding hydrogens is 801 g/mol. The summed E-state index contributed by atoms with van der Waals surface area (Å²) >= 11 is 0. The monoisotopic (exact) mass is 847 g/mol. The zero-order valence-corrected chi connectivity index (χ0v) is 31.5. The fraction of sp³-hybridized carbons (Fsp3) is 0.234. The van der Waals surface area contributed by atoms with Crippen LogP contribution in [0.15, 0.2) is 120 Å². The topological polar surface area (TPSA) is 38.9 Å². The zero-order valence-electron chi connectivity index (χ0n) is 33.1. The van der Waals surface area contributed by atoms with E-state index in [0.29, 0.717) is 35.2 Å². The molecule has 1 radical (unpaired) electrons. The van der Waals surface area contributed by atoms with Crippen LogP contribution in [0.5, 0.6) is 0 Å². The maximum Gasteiger partial charge on any atom is 0.129 e. The zero-order chi connectivity index (χ0) is 37.7. The fourth-order valence-corrected chi connectivity index (χ4v) is 7.16. The van der Waals surface area contributed by atoms with E-state index in [1.807, 2.05) is 60.8 Å². The standard InChI is InChI=1S/C32H26NO.C15H16N.Ir/c1-20-19-33-29(18-28(20)21-8-3-2-4-9-21)27-13-7-12-25-26-17-16-23-15-14-22-10-5-6-11-24(22)30(23)32(26)34-31(25)27;1-15(2,3)13-9-10-14(16-11-13)12-7-5-4-6-8-12;/h5-7,10-12,14-19,21H,2-4,8-9H2,1H3;4-7,9-11H,1-3H3;/q2*-1;/i1D3,21D;;. The Bertz CT molecular complexity index is 2620. The summed E-state index contributed by atoms with van der Waals surface area (Å²) in [6.45, 7) is 4.25. The van der Waals surface area contributed by atoms with Gasteiger partial charge in [0.1, 0.15) is 5.58 Å². The van der Waals surface area contributed by atoms with Gasteiger partial charge in [0, 0.05) is 48.8 Å². The van der Waals surface area contributed by atoms with Crippen LogP contribution in [0.2, 0.25) is 0 Å². The number of nitrogens with zero attached hydrogens (tertiary/aromatic N) is 2. The predicted molar refractivity (Wildman–Crippen MR) is 209 cm³/mol. The molecule has 3 heterocycles. The molecule has 3 aromatic heterocycles.